The number of ether oxygens (including phenoxy) is 2. The smallest absolute Gasteiger partial charge is 0.262 e. The van der Waals surface area contributed by atoms with Crippen molar-refractivity contribution in [2.45, 2.75) is 51.4 Å². The molecular formula is C20H24FNO3S. The van der Waals surface area contributed by atoms with Crippen LogP contribution < -0.4 is 5.32 Å². The average molecular weight is 377 g/mol. The highest BCUT2D eigenvalue weighted by atomic mass is 32.1. The van der Waals surface area contributed by atoms with Gasteiger partial charge in [0.1, 0.15) is 5.82 Å². The summed E-state index contributed by atoms with van der Waals surface area (Å²) >= 11 is 1.34. The molecule has 0 aliphatic heterocycles. The quantitative estimate of drug-likeness (QED) is 0.818. The summed E-state index contributed by atoms with van der Waals surface area (Å²) in [6.45, 7) is 2.95. The highest BCUT2D eigenvalue weighted by Gasteiger charge is 2.59. The van der Waals surface area contributed by atoms with E-state index in [9.17, 15) is 9.18 Å². The second-order valence-corrected chi connectivity index (χ2v) is 8.30. The Hall–Kier alpha value is -1.50. The summed E-state index contributed by atoms with van der Waals surface area (Å²) in [7, 11) is 1.56. The molecule has 1 N–H and O–H groups in total. The lowest BCUT2D eigenvalue weighted by atomic mass is 9.51. The molecule has 1 amide bonds. The maximum absolute atomic E-state index is 14.3. The van der Waals surface area contributed by atoms with Crippen molar-refractivity contribution >= 4 is 27.3 Å². The third kappa shape index (κ3) is 2.66. The van der Waals surface area contributed by atoms with Crippen LogP contribution in [0.25, 0.3) is 10.1 Å². The molecular weight excluding hydrogens is 353 g/mol. The predicted molar refractivity (Wildman–Crippen MR) is 100 cm³/mol. The number of carbonyl (C=O) groups is 1. The number of methoxy groups -OCH3 is 1. The molecule has 1 heterocycles. The summed E-state index contributed by atoms with van der Waals surface area (Å²) in [5.74, 6) is -0.427. The van der Waals surface area contributed by atoms with Gasteiger partial charge in [0.2, 0.25) is 0 Å². The molecule has 4 nitrogen and oxygen atoms in total. The fourth-order valence-electron chi connectivity index (χ4n) is 4.50. The zero-order valence-corrected chi connectivity index (χ0v) is 16.0. The highest BCUT2D eigenvalue weighted by molar-refractivity contribution is 7.21. The Morgan fingerprint density at radius 1 is 1.42 bits per heavy atom. The monoisotopic (exact) mass is 377 g/mol. The van der Waals surface area contributed by atoms with Crippen LogP contribution >= 0.6 is 11.3 Å². The fourth-order valence-corrected chi connectivity index (χ4v) is 5.62. The van der Waals surface area contributed by atoms with Gasteiger partial charge in [-0.2, -0.15) is 0 Å². The summed E-state index contributed by atoms with van der Waals surface area (Å²) in [5, 5.41) is 3.71. The lowest BCUT2D eigenvalue weighted by Crippen LogP contribution is -2.67. The number of rotatable bonds is 6. The van der Waals surface area contributed by atoms with Gasteiger partial charge in [0.25, 0.3) is 5.91 Å². The second-order valence-electron chi connectivity index (χ2n) is 7.25. The minimum atomic E-state index is -0.305. The van der Waals surface area contributed by atoms with Crippen molar-refractivity contribution in [1.29, 1.82) is 0 Å². The molecule has 0 radical (unpaired) electrons. The molecule has 1 spiro atoms. The number of fused-ring (bicyclic) bond motifs is 1. The van der Waals surface area contributed by atoms with Crippen molar-refractivity contribution < 1.29 is 18.7 Å². The molecule has 2 atom stereocenters. The van der Waals surface area contributed by atoms with E-state index in [1.54, 1.807) is 13.2 Å². The van der Waals surface area contributed by atoms with Gasteiger partial charge in [-0.1, -0.05) is 12.5 Å². The maximum Gasteiger partial charge on any atom is 0.262 e. The van der Waals surface area contributed by atoms with Crippen molar-refractivity contribution in [3.63, 3.8) is 0 Å². The molecule has 26 heavy (non-hydrogen) atoms. The van der Waals surface area contributed by atoms with Crippen LogP contribution in [0.2, 0.25) is 0 Å². The minimum Gasteiger partial charge on any atom is -0.380 e. The van der Waals surface area contributed by atoms with Gasteiger partial charge in [-0.05, 0) is 38.3 Å². The Labute approximate surface area is 156 Å². The van der Waals surface area contributed by atoms with Gasteiger partial charge >= 0.3 is 0 Å². The van der Waals surface area contributed by atoms with E-state index >= 15 is 0 Å². The third-order valence-corrected chi connectivity index (χ3v) is 7.20. The molecule has 0 unspecified atom stereocenters. The van der Waals surface area contributed by atoms with Crippen LogP contribution in [-0.4, -0.2) is 31.8 Å². The number of benzene rings is 1. The van der Waals surface area contributed by atoms with E-state index in [0.29, 0.717) is 22.4 Å². The van der Waals surface area contributed by atoms with Crippen molar-refractivity contribution in [2.24, 2.45) is 5.41 Å². The number of halogens is 1. The van der Waals surface area contributed by atoms with Gasteiger partial charge in [0, 0.05) is 40.8 Å². The Morgan fingerprint density at radius 3 is 2.88 bits per heavy atom. The lowest BCUT2D eigenvalue weighted by Gasteiger charge is -2.60. The SMILES string of the molecule is CCO[C@H]1C[C@@H](NC(=O)c2sc3cccc(F)c3c2COC)C12CCC2. The van der Waals surface area contributed by atoms with Gasteiger partial charge in [-0.15, -0.1) is 11.3 Å². The normalized spacial score (nSPS) is 23.7. The van der Waals surface area contributed by atoms with Crippen LogP contribution in [0.15, 0.2) is 18.2 Å². The van der Waals surface area contributed by atoms with Crippen LogP contribution in [0.3, 0.4) is 0 Å². The lowest BCUT2D eigenvalue weighted by molar-refractivity contribution is -0.169. The van der Waals surface area contributed by atoms with E-state index < -0.39 is 0 Å². The molecule has 140 valence electrons. The Bertz CT molecular complexity index is 830. The Balaban J connectivity index is 1.59. The number of amides is 1. The molecule has 2 fully saturated rings. The van der Waals surface area contributed by atoms with E-state index in [1.807, 2.05) is 13.0 Å². The second kappa shape index (κ2) is 6.91. The number of hydrogen-bond donors (Lipinski definition) is 1. The number of carbonyl (C=O) groups excluding carboxylic acids is 1. The first-order valence-electron chi connectivity index (χ1n) is 9.22. The average Bonchev–Trinajstić information content (AvgIpc) is 2.92. The van der Waals surface area contributed by atoms with E-state index in [0.717, 1.165) is 24.0 Å². The Kier molecular flexibility index (Phi) is 4.75. The standard InChI is InChI=1S/C20H24FNO3S/c1-3-25-16-10-15(20(16)8-5-9-20)22-19(23)18-12(11-24-2)17-13(21)6-4-7-14(17)26-18/h4,6-7,15-16H,3,5,8-11H2,1-2H3,(H,22,23)/t15-,16+/m1/s1. The summed E-state index contributed by atoms with van der Waals surface area (Å²) in [6.07, 6.45) is 4.52. The Morgan fingerprint density at radius 2 is 2.23 bits per heavy atom. The largest absolute Gasteiger partial charge is 0.380 e. The van der Waals surface area contributed by atoms with Crippen LogP contribution in [0, 0.1) is 11.2 Å². The van der Waals surface area contributed by atoms with Gasteiger partial charge in [0.05, 0.1) is 17.6 Å². The minimum absolute atomic E-state index is 0.106. The van der Waals surface area contributed by atoms with Crippen molar-refractivity contribution in [1.82, 2.24) is 5.32 Å². The predicted octanol–water partition coefficient (Wildman–Crippen LogP) is 4.26. The van der Waals surface area contributed by atoms with E-state index in [2.05, 4.69) is 5.32 Å². The molecule has 2 saturated carbocycles. The maximum atomic E-state index is 14.3. The first-order valence-corrected chi connectivity index (χ1v) is 10.0. The molecule has 2 aromatic rings. The van der Waals surface area contributed by atoms with Gasteiger partial charge in [-0.3, -0.25) is 4.79 Å². The molecule has 4 rings (SSSR count). The highest BCUT2D eigenvalue weighted by Crippen LogP contribution is 2.57. The topological polar surface area (TPSA) is 47.6 Å². The van der Waals surface area contributed by atoms with Crippen molar-refractivity contribution in [3.8, 4) is 0 Å². The first-order chi connectivity index (χ1) is 12.6. The summed E-state index contributed by atoms with van der Waals surface area (Å²) < 4.78 is 26.2. The van der Waals surface area contributed by atoms with Crippen LogP contribution in [0.4, 0.5) is 4.39 Å². The zero-order chi connectivity index (χ0) is 18.3. The zero-order valence-electron chi connectivity index (χ0n) is 15.1. The number of thiophene rings is 1. The molecule has 6 heteroatoms. The van der Waals surface area contributed by atoms with Crippen LogP contribution in [0.1, 0.15) is 47.8 Å². The number of nitrogens with one attached hydrogen (secondary N) is 1. The van der Waals surface area contributed by atoms with E-state index in [1.165, 1.54) is 23.8 Å². The van der Waals surface area contributed by atoms with Crippen molar-refractivity contribution in [3.05, 3.63) is 34.5 Å². The molecule has 1 aromatic carbocycles. The first kappa shape index (κ1) is 17.9. The third-order valence-electron chi connectivity index (χ3n) is 6.00. The van der Waals surface area contributed by atoms with Crippen molar-refractivity contribution in [2.75, 3.05) is 13.7 Å². The van der Waals surface area contributed by atoms with Crippen LogP contribution in [0.5, 0.6) is 0 Å². The molecule has 0 bridgehead atoms. The van der Waals surface area contributed by atoms with Gasteiger partial charge in [-0.25, -0.2) is 4.39 Å². The summed E-state index contributed by atoms with van der Waals surface area (Å²) in [4.78, 5) is 13.6. The van der Waals surface area contributed by atoms with E-state index in [-0.39, 0.29) is 35.9 Å². The molecule has 1 aromatic heterocycles. The summed E-state index contributed by atoms with van der Waals surface area (Å²) in [5.41, 5.74) is 0.751. The fraction of sp³-hybridized carbons (Fsp3) is 0.550. The van der Waals surface area contributed by atoms with Gasteiger partial charge in [0.15, 0.2) is 0 Å². The molecule has 2 aliphatic rings. The van der Waals surface area contributed by atoms with Gasteiger partial charge < -0.3 is 14.8 Å². The van der Waals surface area contributed by atoms with E-state index in [4.69, 9.17) is 9.47 Å². The molecule has 2 aliphatic carbocycles. The van der Waals surface area contributed by atoms with Crippen LogP contribution in [-0.2, 0) is 16.1 Å². The number of hydrogen-bond acceptors (Lipinski definition) is 4. The molecule has 0 saturated heterocycles. The summed E-state index contributed by atoms with van der Waals surface area (Å²) in [6, 6.07) is 5.10.